The Morgan fingerprint density at radius 3 is 2.75 bits per heavy atom. The Balaban J connectivity index is 1.62. The second-order valence-corrected chi connectivity index (χ2v) is 8.24. The largest absolute Gasteiger partial charge is 0.369 e. The van der Waals surface area contributed by atoms with Crippen LogP contribution in [0.1, 0.15) is 30.4 Å². The summed E-state index contributed by atoms with van der Waals surface area (Å²) in [5.74, 6) is 1.03. The first-order valence-corrected chi connectivity index (χ1v) is 10.9. The van der Waals surface area contributed by atoms with Gasteiger partial charge in [-0.3, -0.25) is 9.59 Å². The number of carbonyl (C=O) groups is 2. The number of hydrogen-bond acceptors (Lipinski definition) is 7. The summed E-state index contributed by atoms with van der Waals surface area (Å²) in [7, 11) is 3.91. The molecule has 0 radical (unpaired) electrons. The highest BCUT2D eigenvalue weighted by Crippen LogP contribution is 2.34. The molecule has 0 atom stereocenters. The van der Waals surface area contributed by atoms with E-state index >= 15 is 0 Å². The number of fused-ring (bicyclic) bond motifs is 2. The molecule has 0 saturated heterocycles. The molecule has 9 nitrogen and oxygen atoms in total. The minimum Gasteiger partial charge on any atom is -0.369 e. The summed E-state index contributed by atoms with van der Waals surface area (Å²) in [4.78, 5) is 37.6. The highest BCUT2D eigenvalue weighted by Gasteiger charge is 2.29. The van der Waals surface area contributed by atoms with Crippen LogP contribution in [0.25, 0.3) is 5.57 Å². The fraction of sp³-hybridized carbons (Fsp3) is 0.391. The molecule has 0 saturated carbocycles. The first-order valence-electron chi connectivity index (χ1n) is 10.9. The SMILES string of the molecule is CN1CCCC(=O)N(C)CCCNc2ncnc3c2/C(=C\Nc2cccc(c2)C1)C(=O)N3. The summed E-state index contributed by atoms with van der Waals surface area (Å²) in [6, 6.07) is 8.09. The average molecular weight is 436 g/mol. The fourth-order valence-electron chi connectivity index (χ4n) is 3.94. The molecule has 168 valence electrons. The van der Waals surface area contributed by atoms with Crippen LogP contribution in [0.3, 0.4) is 0 Å². The zero-order valence-corrected chi connectivity index (χ0v) is 18.5. The Kier molecular flexibility index (Phi) is 6.65. The number of nitrogens with zero attached hydrogens (tertiary/aromatic N) is 4. The van der Waals surface area contributed by atoms with E-state index in [1.165, 1.54) is 6.33 Å². The van der Waals surface area contributed by atoms with Gasteiger partial charge in [-0.25, -0.2) is 9.97 Å². The van der Waals surface area contributed by atoms with E-state index in [0.29, 0.717) is 42.3 Å². The van der Waals surface area contributed by atoms with Gasteiger partial charge in [0, 0.05) is 45.0 Å². The molecule has 32 heavy (non-hydrogen) atoms. The van der Waals surface area contributed by atoms with Gasteiger partial charge in [-0.05, 0) is 44.1 Å². The third-order valence-electron chi connectivity index (χ3n) is 5.67. The lowest BCUT2D eigenvalue weighted by Crippen LogP contribution is -2.29. The fourth-order valence-corrected chi connectivity index (χ4v) is 3.94. The van der Waals surface area contributed by atoms with Gasteiger partial charge in [0.05, 0.1) is 11.1 Å². The maximum absolute atomic E-state index is 12.6. The summed E-state index contributed by atoms with van der Waals surface area (Å²) < 4.78 is 0. The molecule has 0 spiro atoms. The maximum atomic E-state index is 12.6. The van der Waals surface area contributed by atoms with Crippen molar-refractivity contribution >= 4 is 34.7 Å². The molecule has 2 bridgehead atoms. The first-order chi connectivity index (χ1) is 15.5. The predicted molar refractivity (Wildman–Crippen MR) is 125 cm³/mol. The van der Waals surface area contributed by atoms with Crippen molar-refractivity contribution < 1.29 is 9.59 Å². The van der Waals surface area contributed by atoms with E-state index in [0.717, 1.165) is 37.2 Å². The highest BCUT2D eigenvalue weighted by molar-refractivity contribution is 6.32. The molecule has 1 aromatic carbocycles. The summed E-state index contributed by atoms with van der Waals surface area (Å²) in [6.07, 6.45) is 5.27. The van der Waals surface area contributed by atoms with Crippen LogP contribution in [0.2, 0.25) is 0 Å². The van der Waals surface area contributed by atoms with Gasteiger partial charge in [-0.2, -0.15) is 0 Å². The van der Waals surface area contributed by atoms with E-state index < -0.39 is 0 Å². The number of anilines is 3. The molecule has 2 aromatic rings. The molecule has 2 aliphatic rings. The van der Waals surface area contributed by atoms with Crippen LogP contribution in [-0.2, 0) is 16.1 Å². The molecule has 0 fully saturated rings. The molecule has 2 amide bonds. The van der Waals surface area contributed by atoms with Crippen molar-refractivity contribution in [1.29, 1.82) is 0 Å². The Morgan fingerprint density at radius 2 is 1.88 bits per heavy atom. The molecular weight excluding hydrogens is 406 g/mol. The van der Waals surface area contributed by atoms with Crippen LogP contribution in [0.15, 0.2) is 36.8 Å². The molecule has 9 heteroatoms. The van der Waals surface area contributed by atoms with Gasteiger partial charge >= 0.3 is 0 Å². The van der Waals surface area contributed by atoms with Crippen molar-refractivity contribution in [3.8, 4) is 0 Å². The van der Waals surface area contributed by atoms with Gasteiger partial charge in [-0.15, -0.1) is 0 Å². The Hall–Kier alpha value is -3.46. The van der Waals surface area contributed by atoms with E-state index in [-0.39, 0.29) is 11.8 Å². The standard InChI is InChI=1S/C23H29N7O2/c1-29-10-4-8-19(31)30(2)11-5-9-24-21-20-18(23(32)28-22(20)27-15-26-21)13-25-17-7-3-6-16(12-17)14-29/h3,6-7,12-13,15,25H,4-5,8-11,14H2,1-2H3,(H2,24,26,27,28,32)/b18-13+. The molecule has 4 rings (SSSR count). The summed E-state index contributed by atoms with van der Waals surface area (Å²) >= 11 is 0. The van der Waals surface area contributed by atoms with Crippen molar-refractivity contribution in [2.45, 2.75) is 25.8 Å². The van der Waals surface area contributed by atoms with Gasteiger partial charge < -0.3 is 25.8 Å². The van der Waals surface area contributed by atoms with Crippen molar-refractivity contribution in [3.05, 3.63) is 47.9 Å². The monoisotopic (exact) mass is 435 g/mol. The second-order valence-electron chi connectivity index (χ2n) is 8.24. The van der Waals surface area contributed by atoms with Crippen LogP contribution >= 0.6 is 0 Å². The second kappa shape index (κ2) is 9.78. The smallest absolute Gasteiger partial charge is 0.259 e. The third-order valence-corrected chi connectivity index (χ3v) is 5.67. The zero-order valence-electron chi connectivity index (χ0n) is 18.5. The minimum absolute atomic E-state index is 0.158. The number of rotatable bonds is 0. The number of nitrogens with one attached hydrogen (secondary N) is 3. The van der Waals surface area contributed by atoms with Gasteiger partial charge in [0.1, 0.15) is 18.0 Å². The average Bonchev–Trinajstić information content (AvgIpc) is 3.10. The van der Waals surface area contributed by atoms with E-state index in [1.54, 1.807) is 11.1 Å². The van der Waals surface area contributed by atoms with Crippen molar-refractivity contribution in [1.82, 2.24) is 19.8 Å². The number of carbonyl (C=O) groups excluding carboxylic acids is 2. The number of amides is 2. The number of benzene rings is 1. The van der Waals surface area contributed by atoms with Gasteiger partial charge in [0.25, 0.3) is 5.91 Å². The predicted octanol–water partition coefficient (Wildman–Crippen LogP) is 2.37. The molecule has 0 aliphatic carbocycles. The van der Waals surface area contributed by atoms with Crippen molar-refractivity contribution in [2.75, 3.05) is 49.7 Å². The first kappa shape index (κ1) is 21.8. The third kappa shape index (κ3) is 5.05. The molecular formula is C23H29N7O2. The lowest BCUT2D eigenvalue weighted by molar-refractivity contribution is -0.130. The van der Waals surface area contributed by atoms with Crippen molar-refractivity contribution in [3.63, 3.8) is 0 Å². The molecule has 1 aromatic heterocycles. The number of aromatic nitrogens is 2. The van der Waals surface area contributed by atoms with E-state index in [2.05, 4.69) is 50.0 Å². The van der Waals surface area contributed by atoms with Crippen LogP contribution in [0, 0.1) is 0 Å². The van der Waals surface area contributed by atoms with Gasteiger partial charge in [0.2, 0.25) is 5.91 Å². The van der Waals surface area contributed by atoms with Crippen LogP contribution in [0.5, 0.6) is 0 Å². The van der Waals surface area contributed by atoms with Crippen LogP contribution < -0.4 is 16.0 Å². The Morgan fingerprint density at radius 1 is 1.03 bits per heavy atom. The summed E-state index contributed by atoms with van der Waals surface area (Å²) in [6.45, 7) is 2.91. The minimum atomic E-state index is -0.219. The molecule has 3 heterocycles. The van der Waals surface area contributed by atoms with Crippen molar-refractivity contribution in [2.24, 2.45) is 0 Å². The Labute approximate surface area is 187 Å². The molecule has 0 unspecified atom stereocenters. The van der Waals surface area contributed by atoms with Gasteiger partial charge in [0.15, 0.2) is 0 Å². The lowest BCUT2D eigenvalue weighted by Gasteiger charge is -2.20. The van der Waals surface area contributed by atoms with E-state index in [4.69, 9.17) is 0 Å². The quantitative estimate of drug-likeness (QED) is 0.584. The number of hydrogen-bond donors (Lipinski definition) is 3. The molecule has 2 aliphatic heterocycles. The van der Waals surface area contributed by atoms with Crippen LogP contribution in [-0.4, -0.2) is 65.3 Å². The maximum Gasteiger partial charge on any atom is 0.259 e. The zero-order chi connectivity index (χ0) is 22.5. The summed E-state index contributed by atoms with van der Waals surface area (Å²) in [5.41, 5.74) is 3.18. The Bertz CT molecular complexity index is 1040. The van der Waals surface area contributed by atoms with Gasteiger partial charge in [-0.1, -0.05) is 12.1 Å². The summed E-state index contributed by atoms with van der Waals surface area (Å²) in [5, 5.41) is 9.36. The highest BCUT2D eigenvalue weighted by atomic mass is 16.2. The lowest BCUT2D eigenvalue weighted by atomic mass is 10.1. The normalized spacial score (nSPS) is 19.9. The molecule has 3 N–H and O–H groups in total. The topological polar surface area (TPSA) is 102 Å². The van der Waals surface area contributed by atoms with Crippen LogP contribution in [0.4, 0.5) is 17.3 Å². The van der Waals surface area contributed by atoms with E-state index in [9.17, 15) is 9.59 Å². The van der Waals surface area contributed by atoms with E-state index in [1.807, 2.05) is 19.2 Å².